The van der Waals surface area contributed by atoms with Crippen molar-refractivity contribution >= 4 is 5.97 Å². The zero-order chi connectivity index (χ0) is 16.9. The molecule has 0 bridgehead atoms. The van der Waals surface area contributed by atoms with Crippen LogP contribution in [0.1, 0.15) is 12.0 Å². The molecule has 2 aromatic rings. The first kappa shape index (κ1) is 16.3. The van der Waals surface area contributed by atoms with Gasteiger partial charge in [-0.3, -0.25) is 4.79 Å². The Balaban J connectivity index is 1.66. The molecule has 0 saturated carbocycles. The van der Waals surface area contributed by atoms with Crippen molar-refractivity contribution in [3.05, 3.63) is 48.0 Å². The molecule has 0 aliphatic carbocycles. The Morgan fingerprint density at radius 2 is 1.92 bits per heavy atom. The molecule has 1 saturated heterocycles. The number of carboxylic acid groups (broad SMARTS) is 1. The van der Waals surface area contributed by atoms with Crippen LogP contribution >= 0.6 is 0 Å². The van der Waals surface area contributed by atoms with Crippen molar-refractivity contribution in [1.82, 2.24) is 0 Å². The molecule has 1 fully saturated rings. The van der Waals surface area contributed by atoms with Gasteiger partial charge in [0.25, 0.3) is 0 Å². The fraction of sp³-hybridized carbons (Fsp3) is 0.316. The van der Waals surface area contributed by atoms with Crippen LogP contribution in [0, 0.1) is 5.92 Å². The second-order valence-corrected chi connectivity index (χ2v) is 5.98. The van der Waals surface area contributed by atoms with Crippen LogP contribution in [0.3, 0.4) is 0 Å². The molecule has 0 aromatic heterocycles. The number of phenolic OH excluding ortho intramolecular Hbond substituents is 1. The average molecular weight is 328 g/mol. The van der Waals surface area contributed by atoms with E-state index in [-0.39, 0.29) is 12.2 Å². The number of carboxylic acids is 1. The van der Waals surface area contributed by atoms with E-state index in [1.54, 1.807) is 12.1 Å². The van der Waals surface area contributed by atoms with E-state index in [0.29, 0.717) is 18.1 Å². The van der Waals surface area contributed by atoms with E-state index in [0.717, 1.165) is 36.5 Å². The van der Waals surface area contributed by atoms with Crippen molar-refractivity contribution < 1.29 is 24.5 Å². The minimum Gasteiger partial charge on any atom is -0.508 e. The van der Waals surface area contributed by atoms with Crippen LogP contribution in [0.4, 0.5) is 0 Å². The van der Waals surface area contributed by atoms with Crippen molar-refractivity contribution in [1.29, 1.82) is 0 Å². The summed E-state index contributed by atoms with van der Waals surface area (Å²) in [6.45, 7) is 2.23. The van der Waals surface area contributed by atoms with Gasteiger partial charge in [0, 0.05) is 18.1 Å². The maximum absolute atomic E-state index is 10.7. The minimum absolute atomic E-state index is 0.00328. The SMILES string of the molecule is O=C(O)Cc1ccc(-c2ccc(OCC3CCOC3)cc2)cc1O. The van der Waals surface area contributed by atoms with Gasteiger partial charge in [0.1, 0.15) is 11.5 Å². The van der Waals surface area contributed by atoms with Crippen LogP contribution in [0.15, 0.2) is 42.5 Å². The molecule has 0 spiro atoms. The average Bonchev–Trinajstić information content (AvgIpc) is 3.08. The number of aliphatic carboxylic acids is 1. The fourth-order valence-electron chi connectivity index (χ4n) is 2.73. The predicted octanol–water partition coefficient (Wildman–Crippen LogP) is 3.10. The van der Waals surface area contributed by atoms with E-state index >= 15 is 0 Å². The van der Waals surface area contributed by atoms with Crippen molar-refractivity contribution in [2.75, 3.05) is 19.8 Å². The number of rotatable bonds is 6. The Morgan fingerprint density at radius 1 is 1.17 bits per heavy atom. The summed E-state index contributed by atoms with van der Waals surface area (Å²) in [7, 11) is 0. The molecular formula is C19H20O5. The van der Waals surface area contributed by atoms with Crippen molar-refractivity contribution in [3.63, 3.8) is 0 Å². The summed E-state index contributed by atoms with van der Waals surface area (Å²) >= 11 is 0. The number of ether oxygens (including phenoxy) is 2. The Kier molecular flexibility index (Phi) is 5.01. The lowest BCUT2D eigenvalue weighted by atomic mass is 10.0. The maximum atomic E-state index is 10.7. The summed E-state index contributed by atoms with van der Waals surface area (Å²) in [6, 6.07) is 12.7. The zero-order valence-corrected chi connectivity index (χ0v) is 13.3. The zero-order valence-electron chi connectivity index (χ0n) is 13.3. The third kappa shape index (κ3) is 4.06. The van der Waals surface area contributed by atoms with Crippen LogP contribution in [-0.4, -0.2) is 36.0 Å². The van der Waals surface area contributed by atoms with E-state index in [9.17, 15) is 9.90 Å². The molecule has 1 aliphatic heterocycles. The Labute approximate surface area is 140 Å². The molecule has 0 radical (unpaired) electrons. The van der Waals surface area contributed by atoms with E-state index in [1.165, 1.54) is 0 Å². The third-order valence-corrected chi connectivity index (χ3v) is 4.12. The first-order valence-electron chi connectivity index (χ1n) is 7.96. The van der Waals surface area contributed by atoms with Crippen LogP contribution in [0.5, 0.6) is 11.5 Å². The number of carbonyl (C=O) groups is 1. The molecule has 126 valence electrons. The molecular weight excluding hydrogens is 308 g/mol. The van der Waals surface area contributed by atoms with Crippen LogP contribution in [0.2, 0.25) is 0 Å². The van der Waals surface area contributed by atoms with Crippen molar-refractivity contribution in [2.24, 2.45) is 5.92 Å². The van der Waals surface area contributed by atoms with Gasteiger partial charge >= 0.3 is 5.97 Å². The number of phenols is 1. The highest BCUT2D eigenvalue weighted by atomic mass is 16.5. The summed E-state index contributed by atoms with van der Waals surface area (Å²) in [6.07, 6.45) is 0.851. The van der Waals surface area contributed by atoms with Gasteiger partial charge in [0.05, 0.1) is 19.6 Å². The number of aromatic hydroxyl groups is 1. The van der Waals surface area contributed by atoms with E-state index < -0.39 is 5.97 Å². The smallest absolute Gasteiger partial charge is 0.307 e. The van der Waals surface area contributed by atoms with Gasteiger partial charge in [-0.1, -0.05) is 24.3 Å². The molecule has 1 atom stereocenters. The van der Waals surface area contributed by atoms with Crippen LogP contribution in [0.25, 0.3) is 11.1 Å². The number of hydrogen-bond donors (Lipinski definition) is 2. The molecule has 2 N–H and O–H groups in total. The Morgan fingerprint density at radius 3 is 2.54 bits per heavy atom. The summed E-state index contributed by atoms with van der Waals surface area (Å²) < 4.78 is 11.1. The molecule has 24 heavy (non-hydrogen) atoms. The second kappa shape index (κ2) is 7.36. The van der Waals surface area contributed by atoms with Crippen LogP contribution in [-0.2, 0) is 16.0 Å². The van der Waals surface area contributed by atoms with Gasteiger partial charge in [-0.05, 0) is 35.7 Å². The largest absolute Gasteiger partial charge is 0.508 e. The summed E-state index contributed by atoms with van der Waals surface area (Å²) in [4.78, 5) is 10.7. The molecule has 3 rings (SSSR count). The standard InChI is InChI=1S/C19H20O5/c20-18-9-15(1-2-16(18)10-19(21)22)14-3-5-17(6-4-14)24-12-13-7-8-23-11-13/h1-6,9,13,20H,7-8,10-12H2,(H,21,22). The summed E-state index contributed by atoms with van der Waals surface area (Å²) in [5, 5.41) is 18.8. The lowest BCUT2D eigenvalue weighted by Crippen LogP contribution is -2.11. The highest BCUT2D eigenvalue weighted by Gasteiger charge is 2.16. The maximum Gasteiger partial charge on any atom is 0.307 e. The van der Waals surface area contributed by atoms with E-state index in [1.807, 2.05) is 30.3 Å². The molecule has 5 nitrogen and oxygen atoms in total. The van der Waals surface area contributed by atoms with E-state index in [2.05, 4.69) is 0 Å². The number of benzene rings is 2. The molecule has 1 aliphatic rings. The fourth-order valence-corrected chi connectivity index (χ4v) is 2.73. The Hall–Kier alpha value is -2.53. The number of hydrogen-bond acceptors (Lipinski definition) is 4. The second-order valence-electron chi connectivity index (χ2n) is 5.98. The molecule has 0 amide bonds. The van der Waals surface area contributed by atoms with Gasteiger partial charge in [-0.15, -0.1) is 0 Å². The summed E-state index contributed by atoms with van der Waals surface area (Å²) in [5.74, 6) is 0.296. The lowest BCUT2D eigenvalue weighted by molar-refractivity contribution is -0.136. The van der Waals surface area contributed by atoms with Gasteiger partial charge in [0.2, 0.25) is 0 Å². The molecule has 1 unspecified atom stereocenters. The molecule has 2 aromatic carbocycles. The normalized spacial score (nSPS) is 16.9. The third-order valence-electron chi connectivity index (χ3n) is 4.12. The highest BCUT2D eigenvalue weighted by molar-refractivity contribution is 5.73. The topological polar surface area (TPSA) is 76.0 Å². The van der Waals surface area contributed by atoms with Gasteiger partial charge in [-0.25, -0.2) is 0 Å². The van der Waals surface area contributed by atoms with Crippen LogP contribution < -0.4 is 4.74 Å². The van der Waals surface area contributed by atoms with Crippen molar-refractivity contribution in [2.45, 2.75) is 12.8 Å². The molecule has 5 heteroatoms. The van der Waals surface area contributed by atoms with Gasteiger partial charge in [0.15, 0.2) is 0 Å². The van der Waals surface area contributed by atoms with E-state index in [4.69, 9.17) is 14.6 Å². The first-order chi connectivity index (χ1) is 11.6. The highest BCUT2D eigenvalue weighted by Crippen LogP contribution is 2.28. The predicted molar refractivity (Wildman–Crippen MR) is 89.3 cm³/mol. The first-order valence-corrected chi connectivity index (χ1v) is 7.96. The monoisotopic (exact) mass is 328 g/mol. The summed E-state index contributed by atoms with van der Waals surface area (Å²) in [5.41, 5.74) is 2.17. The quantitative estimate of drug-likeness (QED) is 0.852. The Bertz CT molecular complexity index is 702. The molecule has 1 heterocycles. The lowest BCUT2D eigenvalue weighted by Gasteiger charge is -2.11. The minimum atomic E-state index is -0.966. The van der Waals surface area contributed by atoms with Crippen molar-refractivity contribution in [3.8, 4) is 22.6 Å². The van der Waals surface area contributed by atoms with Gasteiger partial charge < -0.3 is 19.7 Å². The van der Waals surface area contributed by atoms with Gasteiger partial charge in [-0.2, -0.15) is 0 Å².